The first-order valence-corrected chi connectivity index (χ1v) is 10.9. The van der Waals surface area contributed by atoms with Gasteiger partial charge in [0.05, 0.1) is 27.5 Å². The molecule has 0 fully saturated rings. The number of aromatic nitrogens is 1. The van der Waals surface area contributed by atoms with Gasteiger partial charge in [-0.1, -0.05) is 28.1 Å². The molecule has 0 saturated heterocycles. The van der Waals surface area contributed by atoms with Gasteiger partial charge >= 0.3 is 0 Å². The van der Waals surface area contributed by atoms with Crippen molar-refractivity contribution >= 4 is 37.4 Å². The summed E-state index contributed by atoms with van der Waals surface area (Å²) >= 11 is 3.41. The number of rotatable bonds is 4. The fourth-order valence-electron chi connectivity index (χ4n) is 2.63. The quantitative estimate of drug-likeness (QED) is 0.574. The molecule has 0 unspecified atom stereocenters. The van der Waals surface area contributed by atoms with Crippen LogP contribution in [0.3, 0.4) is 0 Å². The molecule has 0 atom stereocenters. The number of aryl methyl sites for hydroxylation is 1. The predicted octanol–water partition coefficient (Wildman–Crippen LogP) is 4.61. The van der Waals surface area contributed by atoms with Gasteiger partial charge in [-0.15, -0.1) is 0 Å². The van der Waals surface area contributed by atoms with Crippen molar-refractivity contribution in [3.05, 3.63) is 76.1 Å². The molecule has 0 bridgehead atoms. The van der Waals surface area contributed by atoms with Crippen LogP contribution < -0.4 is 5.32 Å². The Balaban J connectivity index is 1.90. The molecule has 1 heterocycles. The van der Waals surface area contributed by atoms with Gasteiger partial charge in [-0.25, -0.2) is 12.8 Å². The summed E-state index contributed by atoms with van der Waals surface area (Å²) in [4.78, 5) is 17.0. The normalized spacial score (nSPS) is 11.3. The second-order valence-electron chi connectivity index (χ2n) is 6.21. The van der Waals surface area contributed by atoms with Gasteiger partial charge in [0.1, 0.15) is 5.82 Å². The van der Waals surface area contributed by atoms with Gasteiger partial charge in [0.2, 0.25) is 0 Å². The summed E-state index contributed by atoms with van der Waals surface area (Å²) in [7, 11) is -3.52. The van der Waals surface area contributed by atoms with E-state index >= 15 is 0 Å². The summed E-state index contributed by atoms with van der Waals surface area (Å²) in [5.41, 5.74) is 2.11. The highest BCUT2D eigenvalue weighted by Gasteiger charge is 2.16. The van der Waals surface area contributed by atoms with Gasteiger partial charge < -0.3 is 5.32 Å². The van der Waals surface area contributed by atoms with Gasteiger partial charge in [-0.2, -0.15) is 0 Å². The van der Waals surface area contributed by atoms with Crippen LogP contribution in [-0.2, 0) is 9.84 Å². The number of nitrogens with zero attached hydrogens (tertiary/aromatic N) is 1. The van der Waals surface area contributed by atoms with E-state index in [-0.39, 0.29) is 16.1 Å². The Morgan fingerprint density at radius 1 is 1.11 bits per heavy atom. The molecule has 0 aliphatic carbocycles. The number of sulfone groups is 1. The number of amides is 1. The number of nitrogens with one attached hydrogen (secondary N) is 1. The van der Waals surface area contributed by atoms with Crippen molar-refractivity contribution in [3.63, 3.8) is 0 Å². The minimum absolute atomic E-state index is 0.0796. The van der Waals surface area contributed by atoms with Crippen LogP contribution in [0.2, 0.25) is 0 Å². The first kappa shape index (κ1) is 20.2. The lowest BCUT2D eigenvalue weighted by atomic mass is 10.1. The van der Waals surface area contributed by atoms with E-state index in [0.29, 0.717) is 11.4 Å². The number of halogens is 2. The molecule has 0 saturated carbocycles. The van der Waals surface area contributed by atoms with Gasteiger partial charge in [-0.3, -0.25) is 9.78 Å². The van der Waals surface area contributed by atoms with Crippen molar-refractivity contribution in [3.8, 4) is 11.3 Å². The molecule has 0 radical (unpaired) electrons. The lowest BCUT2D eigenvalue weighted by molar-refractivity contribution is 0.102. The monoisotopic (exact) mass is 462 g/mol. The fourth-order valence-corrected chi connectivity index (χ4v) is 3.68. The first-order valence-electron chi connectivity index (χ1n) is 8.20. The Hall–Kier alpha value is -2.58. The van der Waals surface area contributed by atoms with E-state index in [9.17, 15) is 17.6 Å². The summed E-state index contributed by atoms with van der Waals surface area (Å²) < 4.78 is 38.2. The lowest BCUT2D eigenvalue weighted by Crippen LogP contribution is -2.15. The van der Waals surface area contributed by atoms with Crippen LogP contribution in [0, 0.1) is 12.7 Å². The van der Waals surface area contributed by atoms with Crippen LogP contribution >= 0.6 is 15.9 Å². The Morgan fingerprint density at radius 3 is 2.50 bits per heavy atom. The standard InChI is InChI=1S/C20H16BrFN2O3S/c1-12-16(7-9-18(23-12)13-4-3-5-14(21)10-13)20(25)24-19-11-15(28(2,26)27)6-8-17(19)22/h3-11H,1-2H3,(H,24,25). The van der Waals surface area contributed by atoms with E-state index in [1.54, 1.807) is 19.1 Å². The topological polar surface area (TPSA) is 76.1 Å². The number of hydrogen-bond donors (Lipinski definition) is 1. The minimum Gasteiger partial charge on any atom is -0.319 e. The van der Waals surface area contributed by atoms with E-state index < -0.39 is 21.6 Å². The minimum atomic E-state index is -3.52. The molecule has 0 aliphatic rings. The van der Waals surface area contributed by atoms with Crippen LogP contribution in [0.15, 0.2) is 64.0 Å². The predicted molar refractivity (Wildman–Crippen MR) is 110 cm³/mol. The summed E-state index contributed by atoms with van der Waals surface area (Å²) in [6, 6.07) is 14.2. The summed E-state index contributed by atoms with van der Waals surface area (Å²) in [6.07, 6.45) is 1.01. The maximum absolute atomic E-state index is 14.0. The van der Waals surface area contributed by atoms with Gasteiger partial charge in [0.25, 0.3) is 5.91 Å². The second-order valence-corrected chi connectivity index (χ2v) is 9.14. The molecule has 5 nitrogen and oxygen atoms in total. The number of anilines is 1. The Bertz CT molecular complexity index is 1180. The van der Waals surface area contributed by atoms with Crippen molar-refractivity contribution < 1.29 is 17.6 Å². The largest absolute Gasteiger partial charge is 0.319 e. The SMILES string of the molecule is Cc1nc(-c2cccc(Br)c2)ccc1C(=O)Nc1cc(S(C)(=O)=O)ccc1F. The molecule has 28 heavy (non-hydrogen) atoms. The molecular weight excluding hydrogens is 447 g/mol. The molecule has 1 aromatic heterocycles. The highest BCUT2D eigenvalue weighted by molar-refractivity contribution is 9.10. The molecule has 8 heteroatoms. The maximum Gasteiger partial charge on any atom is 0.257 e. The molecule has 1 amide bonds. The molecular formula is C20H16BrFN2O3S. The van der Waals surface area contributed by atoms with Gasteiger partial charge in [-0.05, 0) is 49.4 Å². The fraction of sp³-hybridized carbons (Fsp3) is 0.100. The average Bonchev–Trinajstić information content (AvgIpc) is 2.62. The van der Waals surface area contributed by atoms with Gasteiger partial charge in [0.15, 0.2) is 9.84 Å². The smallest absolute Gasteiger partial charge is 0.257 e. The Morgan fingerprint density at radius 2 is 1.86 bits per heavy atom. The molecule has 144 valence electrons. The van der Waals surface area contributed by atoms with Crippen molar-refractivity contribution in [2.75, 3.05) is 11.6 Å². The second kappa shape index (κ2) is 7.81. The highest BCUT2D eigenvalue weighted by atomic mass is 79.9. The zero-order chi connectivity index (χ0) is 20.5. The zero-order valence-electron chi connectivity index (χ0n) is 15.0. The van der Waals surface area contributed by atoms with E-state index in [1.165, 1.54) is 0 Å². The van der Waals surface area contributed by atoms with Crippen molar-refractivity contribution in [1.29, 1.82) is 0 Å². The van der Waals surface area contributed by atoms with E-state index in [1.807, 2.05) is 24.3 Å². The molecule has 3 rings (SSSR count). The van der Waals surface area contributed by atoms with Crippen LogP contribution in [0.4, 0.5) is 10.1 Å². The molecule has 1 N–H and O–H groups in total. The summed E-state index contributed by atoms with van der Waals surface area (Å²) in [5, 5.41) is 2.42. The van der Waals surface area contributed by atoms with Crippen molar-refractivity contribution in [1.82, 2.24) is 4.98 Å². The van der Waals surface area contributed by atoms with E-state index in [0.717, 1.165) is 34.5 Å². The number of pyridine rings is 1. The zero-order valence-corrected chi connectivity index (χ0v) is 17.4. The average molecular weight is 463 g/mol. The first-order chi connectivity index (χ1) is 13.1. The van der Waals surface area contributed by atoms with E-state index in [2.05, 4.69) is 26.2 Å². The number of hydrogen-bond acceptors (Lipinski definition) is 4. The van der Waals surface area contributed by atoms with Crippen molar-refractivity contribution in [2.45, 2.75) is 11.8 Å². The van der Waals surface area contributed by atoms with Crippen LogP contribution in [0.25, 0.3) is 11.3 Å². The van der Waals surface area contributed by atoms with E-state index in [4.69, 9.17) is 0 Å². The molecule has 0 aliphatic heterocycles. The third-order valence-electron chi connectivity index (χ3n) is 4.07. The Labute approximate surface area is 170 Å². The van der Waals surface area contributed by atoms with Crippen LogP contribution in [0.5, 0.6) is 0 Å². The molecule has 2 aromatic carbocycles. The van der Waals surface area contributed by atoms with Crippen LogP contribution in [0.1, 0.15) is 16.1 Å². The third-order valence-corrected chi connectivity index (χ3v) is 5.67. The number of carbonyl (C=O) groups excluding carboxylic acids is 1. The number of carbonyl (C=O) groups is 1. The summed E-state index contributed by atoms with van der Waals surface area (Å²) in [6.45, 7) is 1.68. The summed E-state index contributed by atoms with van der Waals surface area (Å²) in [5.74, 6) is -1.30. The third kappa shape index (κ3) is 4.45. The maximum atomic E-state index is 14.0. The molecule has 0 spiro atoms. The van der Waals surface area contributed by atoms with Crippen molar-refractivity contribution in [2.24, 2.45) is 0 Å². The van der Waals surface area contributed by atoms with Crippen LogP contribution in [-0.4, -0.2) is 25.6 Å². The van der Waals surface area contributed by atoms with Gasteiger partial charge in [0, 0.05) is 16.3 Å². The number of benzene rings is 2. The molecule has 3 aromatic rings. The Kier molecular flexibility index (Phi) is 5.62. The lowest BCUT2D eigenvalue weighted by Gasteiger charge is -2.11. The highest BCUT2D eigenvalue weighted by Crippen LogP contribution is 2.24.